The average molecular weight is 307 g/mol. The minimum absolute atomic E-state index is 0.347. The quantitative estimate of drug-likeness (QED) is 0.788. The molecule has 0 spiro atoms. The van der Waals surface area contributed by atoms with E-state index < -0.39 is 0 Å². The number of aryl methyl sites for hydroxylation is 2. The maximum Gasteiger partial charge on any atom is 0.170 e. The van der Waals surface area contributed by atoms with Crippen LogP contribution in [0.5, 0.6) is 0 Å². The van der Waals surface area contributed by atoms with Crippen molar-refractivity contribution in [3.05, 3.63) is 41.2 Å². The summed E-state index contributed by atoms with van der Waals surface area (Å²) < 4.78 is 5.26. The van der Waals surface area contributed by atoms with E-state index in [1.807, 2.05) is 14.0 Å². The minimum atomic E-state index is 0.347. The number of hydrogen-bond acceptors (Lipinski definition) is 5. The van der Waals surface area contributed by atoms with Gasteiger partial charge in [0, 0.05) is 11.8 Å². The van der Waals surface area contributed by atoms with Crippen molar-refractivity contribution in [3.63, 3.8) is 0 Å². The summed E-state index contributed by atoms with van der Waals surface area (Å²) in [6.07, 6.45) is 2.35. The summed E-state index contributed by atoms with van der Waals surface area (Å²) in [7, 11) is 2.01. The maximum absolute atomic E-state index is 4.39. The maximum atomic E-state index is 4.39. The van der Waals surface area contributed by atoms with Crippen molar-refractivity contribution in [1.29, 1.82) is 0 Å². The third-order valence-corrected chi connectivity index (χ3v) is 5.17. The molecule has 0 bridgehead atoms. The topological polar surface area (TPSA) is 37.8 Å². The zero-order valence-corrected chi connectivity index (χ0v) is 13.9. The van der Waals surface area contributed by atoms with E-state index >= 15 is 0 Å². The second kappa shape index (κ2) is 7.76. The highest BCUT2D eigenvalue weighted by Crippen LogP contribution is 2.26. The summed E-state index contributed by atoms with van der Waals surface area (Å²) in [5.74, 6) is 1.83. The first-order valence-corrected chi connectivity index (χ1v) is 8.68. The number of nitrogens with one attached hydrogen (secondary N) is 1. The van der Waals surface area contributed by atoms with Crippen LogP contribution in [0.15, 0.2) is 28.6 Å². The van der Waals surface area contributed by atoms with E-state index in [0.29, 0.717) is 6.04 Å². The Labute approximate surface area is 129 Å². The van der Waals surface area contributed by atoms with Crippen LogP contribution >= 0.6 is 23.3 Å². The fourth-order valence-electron chi connectivity index (χ4n) is 2.04. The molecule has 108 valence electrons. The Hall–Kier alpha value is -0.910. The van der Waals surface area contributed by atoms with Gasteiger partial charge in [-0.25, -0.2) is 4.98 Å². The summed E-state index contributed by atoms with van der Waals surface area (Å²) in [5, 5.41) is 3.38. The lowest BCUT2D eigenvalue weighted by atomic mass is 10.0. The third kappa shape index (κ3) is 4.30. The molecule has 1 N–H and O–H groups in total. The molecule has 0 fully saturated rings. The molecule has 1 heterocycles. The van der Waals surface area contributed by atoms with Crippen LogP contribution in [-0.2, 0) is 6.42 Å². The Balaban J connectivity index is 1.96. The first kappa shape index (κ1) is 15.5. The van der Waals surface area contributed by atoms with Gasteiger partial charge >= 0.3 is 0 Å². The van der Waals surface area contributed by atoms with Crippen molar-refractivity contribution in [2.24, 2.45) is 0 Å². The third-order valence-electron chi connectivity index (χ3n) is 3.15. The van der Waals surface area contributed by atoms with Gasteiger partial charge in [-0.3, -0.25) is 0 Å². The normalized spacial score (nSPS) is 12.6. The van der Waals surface area contributed by atoms with Gasteiger partial charge < -0.3 is 5.32 Å². The molecular formula is C15H21N3S2. The Kier molecular flexibility index (Phi) is 6.01. The van der Waals surface area contributed by atoms with Crippen LogP contribution in [0, 0.1) is 6.92 Å². The number of benzene rings is 1. The Bertz CT molecular complexity index is 522. The van der Waals surface area contributed by atoms with Crippen molar-refractivity contribution in [3.8, 4) is 0 Å². The van der Waals surface area contributed by atoms with E-state index in [1.165, 1.54) is 29.1 Å². The van der Waals surface area contributed by atoms with E-state index in [9.17, 15) is 0 Å². The van der Waals surface area contributed by atoms with Gasteiger partial charge in [0.1, 0.15) is 5.82 Å². The van der Waals surface area contributed by atoms with Crippen molar-refractivity contribution < 1.29 is 0 Å². The largest absolute Gasteiger partial charge is 0.312 e. The molecule has 0 aliphatic rings. The molecule has 0 saturated carbocycles. The predicted molar refractivity (Wildman–Crippen MR) is 87.6 cm³/mol. The number of hydrogen-bond donors (Lipinski definition) is 1. The summed E-state index contributed by atoms with van der Waals surface area (Å²) in [6, 6.07) is 9.29. The van der Waals surface area contributed by atoms with E-state index in [0.717, 1.165) is 22.3 Å². The fraction of sp³-hybridized carbons (Fsp3) is 0.467. The molecule has 0 saturated heterocycles. The number of nitrogens with zero attached hydrogens (tertiary/aromatic N) is 2. The van der Waals surface area contributed by atoms with Crippen LogP contribution in [-0.4, -0.2) is 22.2 Å². The van der Waals surface area contributed by atoms with E-state index in [4.69, 9.17) is 0 Å². The standard InChI is InChI=1S/C15H21N3S2/c1-4-5-12-6-8-13(9-7-12)14(16-3)10-19-15-17-11(2)18-20-15/h6-9,14,16H,4-5,10H2,1-3H3. The number of rotatable bonds is 7. The summed E-state index contributed by atoms with van der Waals surface area (Å²) in [4.78, 5) is 4.39. The van der Waals surface area contributed by atoms with Crippen molar-refractivity contribution in [1.82, 2.24) is 14.7 Å². The molecule has 1 aromatic carbocycles. The van der Waals surface area contributed by atoms with E-state index in [2.05, 4.69) is 45.9 Å². The van der Waals surface area contributed by atoms with Crippen LogP contribution in [0.4, 0.5) is 0 Å². The lowest BCUT2D eigenvalue weighted by Gasteiger charge is -2.16. The molecule has 1 unspecified atom stereocenters. The molecule has 2 rings (SSSR count). The van der Waals surface area contributed by atoms with Crippen LogP contribution in [0.3, 0.4) is 0 Å². The summed E-state index contributed by atoms with van der Waals surface area (Å²) in [5.41, 5.74) is 2.75. The van der Waals surface area contributed by atoms with Gasteiger partial charge in [0.2, 0.25) is 0 Å². The van der Waals surface area contributed by atoms with Crippen LogP contribution in [0.2, 0.25) is 0 Å². The SMILES string of the molecule is CCCc1ccc(C(CSc2nc(C)ns2)NC)cc1. The monoisotopic (exact) mass is 307 g/mol. The van der Waals surface area contributed by atoms with Gasteiger partial charge in [-0.1, -0.05) is 49.4 Å². The Morgan fingerprint density at radius 2 is 2.05 bits per heavy atom. The first-order valence-electron chi connectivity index (χ1n) is 6.92. The van der Waals surface area contributed by atoms with Crippen molar-refractivity contribution in [2.45, 2.75) is 37.1 Å². The van der Waals surface area contributed by atoms with Crippen molar-refractivity contribution >= 4 is 23.3 Å². The molecule has 0 amide bonds. The predicted octanol–water partition coefficient (Wildman–Crippen LogP) is 3.85. The minimum Gasteiger partial charge on any atom is -0.312 e. The average Bonchev–Trinajstić information content (AvgIpc) is 2.87. The Morgan fingerprint density at radius 3 is 2.60 bits per heavy atom. The summed E-state index contributed by atoms with van der Waals surface area (Å²) in [6.45, 7) is 4.15. The first-order chi connectivity index (χ1) is 9.72. The molecule has 1 atom stereocenters. The van der Waals surface area contributed by atoms with Crippen molar-refractivity contribution in [2.75, 3.05) is 12.8 Å². The number of thioether (sulfide) groups is 1. The number of aromatic nitrogens is 2. The molecule has 0 aliphatic heterocycles. The molecule has 1 aromatic heterocycles. The smallest absolute Gasteiger partial charge is 0.170 e. The van der Waals surface area contributed by atoms with Gasteiger partial charge in [-0.2, -0.15) is 4.37 Å². The Morgan fingerprint density at radius 1 is 1.30 bits per heavy atom. The van der Waals surface area contributed by atoms with Gasteiger partial charge in [-0.15, -0.1) is 0 Å². The van der Waals surface area contributed by atoms with Crippen LogP contribution in [0.1, 0.15) is 36.3 Å². The molecular weight excluding hydrogens is 286 g/mol. The lowest BCUT2D eigenvalue weighted by molar-refractivity contribution is 0.661. The van der Waals surface area contributed by atoms with E-state index in [-0.39, 0.29) is 0 Å². The lowest BCUT2D eigenvalue weighted by Crippen LogP contribution is -2.18. The van der Waals surface area contributed by atoms with Gasteiger partial charge in [0.15, 0.2) is 4.34 Å². The highest BCUT2D eigenvalue weighted by molar-refractivity contribution is 8.00. The molecule has 0 radical (unpaired) electrons. The molecule has 20 heavy (non-hydrogen) atoms. The van der Waals surface area contributed by atoms with Gasteiger partial charge in [-0.05, 0) is 43.1 Å². The molecule has 5 heteroatoms. The fourth-order valence-corrected chi connectivity index (χ4v) is 3.86. The molecule has 2 aromatic rings. The second-order valence-corrected chi connectivity index (χ2v) is 6.77. The highest BCUT2D eigenvalue weighted by atomic mass is 32.2. The zero-order valence-electron chi connectivity index (χ0n) is 12.2. The summed E-state index contributed by atoms with van der Waals surface area (Å²) >= 11 is 3.25. The zero-order chi connectivity index (χ0) is 14.4. The van der Waals surface area contributed by atoms with Crippen LogP contribution < -0.4 is 5.32 Å². The molecule has 0 aliphatic carbocycles. The van der Waals surface area contributed by atoms with E-state index in [1.54, 1.807) is 11.8 Å². The van der Waals surface area contributed by atoms with Gasteiger partial charge in [0.05, 0.1) is 0 Å². The van der Waals surface area contributed by atoms with Crippen LogP contribution in [0.25, 0.3) is 0 Å². The molecule has 3 nitrogen and oxygen atoms in total. The second-order valence-electron chi connectivity index (χ2n) is 4.75. The highest BCUT2D eigenvalue weighted by Gasteiger charge is 2.11. The van der Waals surface area contributed by atoms with Gasteiger partial charge in [0.25, 0.3) is 0 Å².